The second-order valence-electron chi connectivity index (χ2n) is 8.40. The van der Waals surface area contributed by atoms with Gasteiger partial charge in [-0.15, -0.1) is 0 Å². The zero-order chi connectivity index (χ0) is 27.6. The summed E-state index contributed by atoms with van der Waals surface area (Å²) in [7, 11) is 0. The Morgan fingerprint density at radius 3 is 2.61 bits per heavy atom. The maximum atomic E-state index is 12.8. The molecule has 0 spiro atoms. The second-order valence-corrected chi connectivity index (χ2v) is 8.81. The van der Waals surface area contributed by atoms with Gasteiger partial charge in [-0.25, -0.2) is 0 Å². The molecule has 38 heavy (non-hydrogen) atoms. The molecule has 9 nitrogen and oxygen atoms in total. The molecule has 0 saturated carbocycles. The standard InChI is InChI=1S/C25H20ClF3N4O5/c1-13-5-8-20(23(36)30-13)33-22(35)11-19(24(33)37)31-14-3-2-4-16(9-14)38-12-21(34)32-15-6-7-17(18(26)10-15)25(27,28)29/h2-4,6-7,9-11,20,31H,1,5,8,12H2,(H,30,36)(H,32,34). The fourth-order valence-electron chi connectivity index (χ4n) is 3.87. The lowest BCUT2D eigenvalue weighted by Crippen LogP contribution is -2.52. The highest BCUT2D eigenvalue weighted by Gasteiger charge is 2.41. The molecule has 198 valence electrons. The number of piperidine rings is 1. The van der Waals surface area contributed by atoms with E-state index in [0.29, 0.717) is 17.8 Å². The Hall–Kier alpha value is -4.32. The van der Waals surface area contributed by atoms with Crippen LogP contribution in [0.4, 0.5) is 24.5 Å². The minimum absolute atomic E-state index is 0.0405. The molecule has 4 amide bonds. The van der Waals surface area contributed by atoms with Crippen LogP contribution in [0.1, 0.15) is 18.4 Å². The molecule has 13 heteroatoms. The van der Waals surface area contributed by atoms with E-state index in [1.165, 1.54) is 12.1 Å². The van der Waals surface area contributed by atoms with E-state index < -0.39 is 53.0 Å². The molecule has 4 rings (SSSR count). The zero-order valence-electron chi connectivity index (χ0n) is 19.5. The number of halogens is 4. The topological polar surface area (TPSA) is 117 Å². The van der Waals surface area contributed by atoms with Crippen LogP contribution in [0.2, 0.25) is 5.02 Å². The van der Waals surface area contributed by atoms with E-state index >= 15 is 0 Å². The van der Waals surface area contributed by atoms with E-state index in [9.17, 15) is 32.3 Å². The third-order valence-corrected chi connectivity index (χ3v) is 5.94. The fraction of sp³-hybridized carbons (Fsp3) is 0.200. The molecule has 2 aromatic rings. The zero-order valence-corrected chi connectivity index (χ0v) is 20.3. The van der Waals surface area contributed by atoms with Crippen LogP contribution in [0.3, 0.4) is 0 Å². The van der Waals surface area contributed by atoms with Gasteiger partial charge in [0.05, 0.1) is 10.6 Å². The van der Waals surface area contributed by atoms with Crippen molar-refractivity contribution in [3.63, 3.8) is 0 Å². The molecule has 0 aromatic heterocycles. The van der Waals surface area contributed by atoms with Gasteiger partial charge in [-0.05, 0) is 43.2 Å². The number of hydrogen-bond donors (Lipinski definition) is 3. The first-order valence-electron chi connectivity index (χ1n) is 11.2. The van der Waals surface area contributed by atoms with E-state index in [1.807, 2.05) is 0 Å². The molecule has 1 atom stereocenters. The Kier molecular flexibility index (Phi) is 7.44. The van der Waals surface area contributed by atoms with Gasteiger partial charge in [0.15, 0.2) is 6.61 Å². The van der Waals surface area contributed by atoms with E-state index in [-0.39, 0.29) is 23.6 Å². The Bertz CT molecular complexity index is 1380. The van der Waals surface area contributed by atoms with Gasteiger partial charge in [-0.2, -0.15) is 13.2 Å². The summed E-state index contributed by atoms with van der Waals surface area (Å²) in [5.41, 5.74) is -0.116. The van der Waals surface area contributed by atoms with Crippen molar-refractivity contribution in [2.75, 3.05) is 17.2 Å². The van der Waals surface area contributed by atoms with Crippen molar-refractivity contribution in [2.45, 2.75) is 25.1 Å². The molecule has 1 unspecified atom stereocenters. The average Bonchev–Trinajstić information content (AvgIpc) is 3.10. The first-order valence-corrected chi connectivity index (χ1v) is 11.5. The third-order valence-electron chi connectivity index (χ3n) is 5.63. The summed E-state index contributed by atoms with van der Waals surface area (Å²) in [5.74, 6) is -2.19. The maximum Gasteiger partial charge on any atom is 0.417 e. The number of amides is 4. The van der Waals surface area contributed by atoms with Crippen LogP contribution in [0.5, 0.6) is 5.75 Å². The van der Waals surface area contributed by atoms with Gasteiger partial charge in [0.25, 0.3) is 17.7 Å². The van der Waals surface area contributed by atoms with Crippen molar-refractivity contribution in [1.29, 1.82) is 0 Å². The van der Waals surface area contributed by atoms with Gasteiger partial charge in [0.1, 0.15) is 17.5 Å². The lowest BCUT2D eigenvalue weighted by molar-refractivity contribution is -0.146. The summed E-state index contributed by atoms with van der Waals surface area (Å²) >= 11 is 5.66. The molecule has 2 aliphatic rings. The number of carbonyl (C=O) groups excluding carboxylic acids is 4. The number of nitrogens with zero attached hydrogens (tertiary/aromatic N) is 1. The number of imide groups is 1. The number of carbonyl (C=O) groups is 4. The summed E-state index contributed by atoms with van der Waals surface area (Å²) in [5, 5.41) is 7.20. The largest absolute Gasteiger partial charge is 0.484 e. The summed E-state index contributed by atoms with van der Waals surface area (Å²) in [6.07, 6.45) is -2.82. The van der Waals surface area contributed by atoms with Crippen molar-refractivity contribution >= 4 is 46.6 Å². The van der Waals surface area contributed by atoms with Crippen LogP contribution < -0.4 is 20.7 Å². The predicted molar refractivity (Wildman–Crippen MR) is 131 cm³/mol. The Balaban J connectivity index is 1.34. The number of hydrogen-bond acceptors (Lipinski definition) is 6. The van der Waals surface area contributed by atoms with Gasteiger partial charge in [0, 0.05) is 29.2 Å². The first kappa shape index (κ1) is 26.7. The minimum Gasteiger partial charge on any atom is -0.484 e. The third kappa shape index (κ3) is 5.97. The monoisotopic (exact) mass is 548 g/mol. The van der Waals surface area contributed by atoms with Gasteiger partial charge in [-0.1, -0.05) is 24.2 Å². The van der Waals surface area contributed by atoms with Crippen molar-refractivity contribution in [2.24, 2.45) is 0 Å². The SMILES string of the molecule is C=C1CCC(N2C(=O)C=C(Nc3cccc(OCC(=O)Nc4ccc(C(F)(F)F)c(Cl)c4)c3)C2=O)C(=O)N1. The highest BCUT2D eigenvalue weighted by Crippen LogP contribution is 2.36. The minimum atomic E-state index is -4.62. The van der Waals surface area contributed by atoms with Crippen molar-refractivity contribution in [3.05, 3.63) is 77.1 Å². The molecule has 1 saturated heterocycles. The smallest absolute Gasteiger partial charge is 0.417 e. The van der Waals surface area contributed by atoms with E-state index in [0.717, 1.165) is 29.2 Å². The van der Waals surface area contributed by atoms with Gasteiger partial charge < -0.3 is 20.7 Å². The fourth-order valence-corrected chi connectivity index (χ4v) is 4.15. The van der Waals surface area contributed by atoms with Crippen molar-refractivity contribution in [1.82, 2.24) is 10.2 Å². The van der Waals surface area contributed by atoms with Crippen molar-refractivity contribution in [3.8, 4) is 5.75 Å². The molecular formula is C25H20ClF3N4O5. The molecule has 0 bridgehead atoms. The van der Waals surface area contributed by atoms with Gasteiger partial charge in [0.2, 0.25) is 5.91 Å². The maximum absolute atomic E-state index is 12.8. The number of benzene rings is 2. The number of alkyl halides is 3. The molecular weight excluding hydrogens is 529 g/mol. The number of ether oxygens (including phenoxy) is 1. The number of rotatable bonds is 7. The Labute approximate surface area is 219 Å². The Morgan fingerprint density at radius 2 is 1.92 bits per heavy atom. The molecule has 2 aromatic carbocycles. The highest BCUT2D eigenvalue weighted by atomic mass is 35.5. The summed E-state index contributed by atoms with van der Waals surface area (Å²) in [6.45, 7) is 3.20. The molecule has 3 N–H and O–H groups in total. The molecule has 0 aliphatic carbocycles. The van der Waals surface area contributed by atoms with E-state index in [1.54, 1.807) is 12.1 Å². The van der Waals surface area contributed by atoms with Gasteiger partial charge >= 0.3 is 6.18 Å². The summed E-state index contributed by atoms with van der Waals surface area (Å²) in [4.78, 5) is 50.6. The van der Waals surface area contributed by atoms with Crippen molar-refractivity contribution < 1.29 is 37.1 Å². The lowest BCUT2D eigenvalue weighted by Gasteiger charge is -2.29. The quantitative estimate of drug-likeness (QED) is 0.453. The number of allylic oxidation sites excluding steroid dienone is 1. The first-order chi connectivity index (χ1) is 17.9. The van der Waals surface area contributed by atoms with Crippen LogP contribution in [-0.2, 0) is 25.4 Å². The molecule has 2 heterocycles. The van der Waals surface area contributed by atoms with E-state index in [4.69, 9.17) is 16.3 Å². The Morgan fingerprint density at radius 1 is 1.16 bits per heavy atom. The van der Waals surface area contributed by atoms with Crippen LogP contribution in [-0.4, -0.2) is 41.2 Å². The lowest BCUT2D eigenvalue weighted by atomic mass is 10.0. The van der Waals surface area contributed by atoms with Crippen LogP contribution in [0, 0.1) is 0 Å². The van der Waals surface area contributed by atoms with Gasteiger partial charge in [-0.3, -0.25) is 24.1 Å². The number of nitrogens with one attached hydrogen (secondary N) is 3. The highest BCUT2D eigenvalue weighted by molar-refractivity contribution is 6.31. The molecule has 0 radical (unpaired) electrons. The molecule has 2 aliphatic heterocycles. The number of anilines is 2. The van der Waals surface area contributed by atoms with E-state index in [2.05, 4.69) is 22.5 Å². The predicted octanol–water partition coefficient (Wildman–Crippen LogP) is 3.83. The van der Waals surface area contributed by atoms with Crippen LogP contribution >= 0.6 is 11.6 Å². The average molecular weight is 549 g/mol. The second kappa shape index (κ2) is 10.6. The summed E-state index contributed by atoms with van der Waals surface area (Å²) in [6, 6.07) is 8.05. The van der Waals surface area contributed by atoms with Crippen LogP contribution in [0.15, 0.2) is 66.5 Å². The van der Waals surface area contributed by atoms with Crippen LogP contribution in [0.25, 0.3) is 0 Å². The molecule has 1 fully saturated rings. The summed E-state index contributed by atoms with van der Waals surface area (Å²) < 4.78 is 43.9. The normalized spacial score (nSPS) is 17.7.